The first kappa shape index (κ1) is 13.6. The van der Waals surface area contributed by atoms with Crippen molar-refractivity contribution < 1.29 is 13.5 Å². The molecular formula is C14H12ClF2NO. The number of benzene rings is 2. The molecule has 0 saturated carbocycles. The lowest BCUT2D eigenvalue weighted by Crippen LogP contribution is -2.03. The molecule has 2 aromatic rings. The fraction of sp³-hybridized carbons (Fsp3) is 0.143. The molecule has 0 amide bonds. The summed E-state index contributed by atoms with van der Waals surface area (Å²) < 4.78 is 28.4. The lowest BCUT2D eigenvalue weighted by molar-refractivity contribution is -0.0497. The van der Waals surface area contributed by atoms with Crippen LogP contribution in [0.1, 0.15) is 5.56 Å². The molecule has 0 radical (unpaired) electrons. The van der Waals surface area contributed by atoms with E-state index < -0.39 is 6.61 Å². The third-order valence-corrected chi connectivity index (χ3v) is 2.78. The SMILES string of the molecule is FC(F)Oc1ccc(NCc2ccccc2)cc1Cl. The number of hydrogen-bond acceptors (Lipinski definition) is 2. The third kappa shape index (κ3) is 4.10. The zero-order valence-corrected chi connectivity index (χ0v) is 10.7. The van der Waals surface area contributed by atoms with Crippen LogP contribution in [0.2, 0.25) is 5.02 Å². The van der Waals surface area contributed by atoms with Gasteiger partial charge in [-0.05, 0) is 23.8 Å². The van der Waals surface area contributed by atoms with Crippen molar-refractivity contribution in [2.24, 2.45) is 0 Å². The molecular weight excluding hydrogens is 272 g/mol. The number of anilines is 1. The number of halogens is 3. The van der Waals surface area contributed by atoms with E-state index in [-0.39, 0.29) is 10.8 Å². The maximum absolute atomic E-state index is 12.1. The minimum absolute atomic E-state index is 0.0260. The van der Waals surface area contributed by atoms with Crippen molar-refractivity contribution in [1.82, 2.24) is 0 Å². The van der Waals surface area contributed by atoms with E-state index in [2.05, 4.69) is 10.1 Å². The second-order valence-electron chi connectivity index (χ2n) is 3.86. The molecule has 0 aliphatic heterocycles. The molecule has 5 heteroatoms. The van der Waals surface area contributed by atoms with E-state index in [1.807, 2.05) is 30.3 Å². The number of ether oxygens (including phenoxy) is 1. The number of hydrogen-bond donors (Lipinski definition) is 1. The van der Waals surface area contributed by atoms with Gasteiger partial charge in [0.05, 0.1) is 5.02 Å². The summed E-state index contributed by atoms with van der Waals surface area (Å²) >= 11 is 5.86. The van der Waals surface area contributed by atoms with E-state index in [0.29, 0.717) is 6.54 Å². The fourth-order valence-corrected chi connectivity index (χ4v) is 1.83. The van der Waals surface area contributed by atoms with Gasteiger partial charge in [-0.25, -0.2) is 0 Å². The molecule has 0 aliphatic rings. The molecule has 100 valence electrons. The van der Waals surface area contributed by atoms with Crippen LogP contribution in [0.4, 0.5) is 14.5 Å². The highest BCUT2D eigenvalue weighted by Crippen LogP contribution is 2.29. The first-order chi connectivity index (χ1) is 9.15. The van der Waals surface area contributed by atoms with Gasteiger partial charge in [-0.2, -0.15) is 8.78 Å². The highest BCUT2D eigenvalue weighted by molar-refractivity contribution is 6.32. The minimum atomic E-state index is -2.87. The molecule has 0 bridgehead atoms. The largest absolute Gasteiger partial charge is 0.433 e. The minimum Gasteiger partial charge on any atom is -0.433 e. The van der Waals surface area contributed by atoms with Crippen molar-refractivity contribution in [2.45, 2.75) is 13.2 Å². The maximum Gasteiger partial charge on any atom is 0.387 e. The summed E-state index contributed by atoms with van der Waals surface area (Å²) in [6.45, 7) is -2.24. The van der Waals surface area contributed by atoms with E-state index in [0.717, 1.165) is 11.3 Å². The zero-order valence-electron chi connectivity index (χ0n) is 9.95. The van der Waals surface area contributed by atoms with E-state index >= 15 is 0 Å². The summed E-state index contributed by atoms with van der Waals surface area (Å²) in [7, 11) is 0. The molecule has 0 saturated heterocycles. The quantitative estimate of drug-likeness (QED) is 0.869. The van der Waals surface area contributed by atoms with Crippen LogP contribution in [0.25, 0.3) is 0 Å². The van der Waals surface area contributed by atoms with Crippen LogP contribution < -0.4 is 10.1 Å². The van der Waals surface area contributed by atoms with E-state index in [1.165, 1.54) is 6.07 Å². The van der Waals surface area contributed by atoms with Gasteiger partial charge in [0, 0.05) is 12.2 Å². The fourth-order valence-electron chi connectivity index (χ4n) is 1.60. The first-order valence-electron chi connectivity index (χ1n) is 5.67. The van der Waals surface area contributed by atoms with Gasteiger partial charge in [0.15, 0.2) is 0 Å². The lowest BCUT2D eigenvalue weighted by atomic mass is 10.2. The van der Waals surface area contributed by atoms with Crippen molar-refractivity contribution in [1.29, 1.82) is 0 Å². The molecule has 2 aromatic carbocycles. The van der Waals surface area contributed by atoms with Crippen LogP contribution in [0.5, 0.6) is 5.75 Å². The molecule has 0 atom stereocenters. The van der Waals surface area contributed by atoms with Crippen LogP contribution >= 0.6 is 11.6 Å². The highest BCUT2D eigenvalue weighted by atomic mass is 35.5. The van der Waals surface area contributed by atoms with Gasteiger partial charge in [0.25, 0.3) is 0 Å². The van der Waals surface area contributed by atoms with Crippen LogP contribution in [0.15, 0.2) is 48.5 Å². The Morgan fingerprint density at radius 1 is 1.11 bits per heavy atom. The smallest absolute Gasteiger partial charge is 0.387 e. The molecule has 0 aromatic heterocycles. The van der Waals surface area contributed by atoms with Crippen molar-refractivity contribution in [2.75, 3.05) is 5.32 Å². The van der Waals surface area contributed by atoms with Crippen molar-refractivity contribution in [3.8, 4) is 5.75 Å². The van der Waals surface area contributed by atoms with Crippen molar-refractivity contribution >= 4 is 17.3 Å². The van der Waals surface area contributed by atoms with Crippen molar-refractivity contribution in [3.05, 3.63) is 59.1 Å². The first-order valence-corrected chi connectivity index (χ1v) is 6.05. The summed E-state index contributed by atoms with van der Waals surface area (Å²) in [4.78, 5) is 0. The predicted octanol–water partition coefficient (Wildman–Crippen LogP) is 4.55. The van der Waals surface area contributed by atoms with Gasteiger partial charge in [-0.3, -0.25) is 0 Å². The van der Waals surface area contributed by atoms with Crippen LogP contribution in [0, 0.1) is 0 Å². The monoisotopic (exact) mass is 283 g/mol. The Hall–Kier alpha value is -1.81. The molecule has 1 N–H and O–H groups in total. The Labute approximate surface area is 115 Å². The summed E-state index contributed by atoms with van der Waals surface area (Å²) in [5.41, 5.74) is 1.86. The average Bonchev–Trinajstić information content (AvgIpc) is 2.40. The highest BCUT2D eigenvalue weighted by Gasteiger charge is 2.08. The number of nitrogens with one attached hydrogen (secondary N) is 1. The van der Waals surface area contributed by atoms with Gasteiger partial charge < -0.3 is 10.1 Å². The molecule has 0 heterocycles. The Bertz CT molecular complexity index is 534. The van der Waals surface area contributed by atoms with Gasteiger partial charge in [-0.15, -0.1) is 0 Å². The Morgan fingerprint density at radius 2 is 1.84 bits per heavy atom. The van der Waals surface area contributed by atoms with E-state index in [9.17, 15) is 8.78 Å². The second-order valence-corrected chi connectivity index (χ2v) is 4.27. The van der Waals surface area contributed by atoms with Crippen LogP contribution in [-0.2, 0) is 6.54 Å². The standard InChI is InChI=1S/C14H12ClF2NO/c15-12-8-11(6-7-13(12)19-14(16)17)18-9-10-4-2-1-3-5-10/h1-8,14,18H,9H2. The topological polar surface area (TPSA) is 21.3 Å². The molecule has 2 rings (SSSR count). The van der Waals surface area contributed by atoms with Crippen molar-refractivity contribution in [3.63, 3.8) is 0 Å². The molecule has 0 spiro atoms. The normalized spacial score (nSPS) is 10.5. The second kappa shape index (κ2) is 6.38. The van der Waals surface area contributed by atoms with Crippen LogP contribution in [-0.4, -0.2) is 6.61 Å². The Balaban J connectivity index is 2.00. The van der Waals surface area contributed by atoms with Gasteiger partial charge in [0.1, 0.15) is 5.75 Å². The Kier molecular flexibility index (Phi) is 4.58. The molecule has 0 unspecified atom stereocenters. The summed E-state index contributed by atoms with van der Waals surface area (Å²) in [5.74, 6) is -0.0260. The van der Waals surface area contributed by atoms with Gasteiger partial charge in [0.2, 0.25) is 0 Å². The zero-order chi connectivity index (χ0) is 13.7. The molecule has 2 nitrogen and oxygen atoms in total. The summed E-state index contributed by atoms with van der Waals surface area (Å²) in [5, 5.41) is 3.31. The molecule has 0 fully saturated rings. The number of rotatable bonds is 5. The van der Waals surface area contributed by atoms with Gasteiger partial charge in [-0.1, -0.05) is 41.9 Å². The Morgan fingerprint density at radius 3 is 2.47 bits per heavy atom. The molecule has 19 heavy (non-hydrogen) atoms. The van der Waals surface area contributed by atoms with E-state index in [1.54, 1.807) is 12.1 Å². The average molecular weight is 284 g/mol. The summed E-state index contributed by atoms with van der Waals surface area (Å²) in [6, 6.07) is 14.4. The maximum atomic E-state index is 12.1. The van der Waals surface area contributed by atoms with E-state index in [4.69, 9.17) is 11.6 Å². The third-order valence-electron chi connectivity index (χ3n) is 2.49. The predicted molar refractivity (Wildman–Crippen MR) is 71.9 cm³/mol. The van der Waals surface area contributed by atoms with Gasteiger partial charge >= 0.3 is 6.61 Å². The lowest BCUT2D eigenvalue weighted by Gasteiger charge is -2.10. The molecule has 0 aliphatic carbocycles. The number of alkyl halides is 2. The summed E-state index contributed by atoms with van der Waals surface area (Å²) in [6.07, 6.45) is 0. The van der Waals surface area contributed by atoms with Crippen LogP contribution in [0.3, 0.4) is 0 Å².